The molecule has 1 amide bonds. The molecule has 0 fully saturated rings. The van der Waals surface area contributed by atoms with E-state index in [9.17, 15) is 4.79 Å². The highest BCUT2D eigenvalue weighted by Gasteiger charge is 2.39. The number of nitrogens with one attached hydrogen (secondary N) is 1. The predicted octanol–water partition coefficient (Wildman–Crippen LogP) is 10.3. The first-order valence-corrected chi connectivity index (χ1v) is 19.9. The number of hydrogen-bond donors (Lipinski definition) is 1. The standard InChI is InChI=1S/C37H61N3O5Si/c1-5-9-16-20-33-22-24-34(25-23-33)39-40-35-26-28-36(29-27-35)42-31-18-15-13-11-10-12-14-17-21-37(41)38-30-19-32-46(43-6-2,44-7-3)45-8-4/h22-29H,5-21,30-32H2,1-4H3,(H,38,41). The minimum absolute atomic E-state index is 0.133. The van der Waals surface area contributed by atoms with Crippen LogP contribution in [-0.2, 0) is 24.5 Å². The Bertz CT molecular complexity index is 1050. The van der Waals surface area contributed by atoms with Gasteiger partial charge in [0.05, 0.1) is 18.0 Å². The molecule has 0 unspecified atom stereocenters. The molecule has 2 aromatic rings. The summed E-state index contributed by atoms with van der Waals surface area (Å²) >= 11 is 0. The molecule has 0 aliphatic carbocycles. The quantitative estimate of drug-likeness (QED) is 0.0560. The van der Waals surface area contributed by atoms with Crippen LogP contribution in [0.15, 0.2) is 58.8 Å². The molecule has 0 radical (unpaired) electrons. The first kappa shape index (κ1) is 39.6. The second-order valence-electron chi connectivity index (χ2n) is 11.7. The summed E-state index contributed by atoms with van der Waals surface area (Å²) in [6, 6.07) is 16.9. The molecule has 0 saturated heterocycles. The van der Waals surface area contributed by atoms with Crippen LogP contribution in [0.1, 0.15) is 117 Å². The highest BCUT2D eigenvalue weighted by atomic mass is 28.4. The Kier molecular flexibility index (Phi) is 21.9. The largest absolute Gasteiger partial charge is 0.500 e. The van der Waals surface area contributed by atoms with E-state index in [4.69, 9.17) is 18.0 Å². The van der Waals surface area contributed by atoms with Crippen LogP contribution in [0.5, 0.6) is 5.75 Å². The molecule has 0 spiro atoms. The van der Waals surface area contributed by atoms with Crippen molar-refractivity contribution in [3.8, 4) is 5.75 Å². The van der Waals surface area contributed by atoms with Gasteiger partial charge >= 0.3 is 8.80 Å². The van der Waals surface area contributed by atoms with E-state index in [1.54, 1.807) is 0 Å². The zero-order valence-corrected chi connectivity index (χ0v) is 30.2. The topological polar surface area (TPSA) is 90.7 Å². The van der Waals surface area contributed by atoms with Gasteiger partial charge in [0.15, 0.2) is 0 Å². The molecule has 8 nitrogen and oxygen atoms in total. The SMILES string of the molecule is CCCCCc1ccc(N=Nc2ccc(OCCCCCCCCCCC(=O)NCCC[Si](OCC)(OCC)OCC)cc2)cc1. The molecule has 9 heteroatoms. The molecule has 0 aliphatic heterocycles. The summed E-state index contributed by atoms with van der Waals surface area (Å²) in [6.45, 7) is 11.2. The number of aryl methyl sites for hydroxylation is 1. The van der Waals surface area contributed by atoms with Crippen LogP contribution in [0.3, 0.4) is 0 Å². The van der Waals surface area contributed by atoms with Gasteiger partial charge in [0.1, 0.15) is 5.75 Å². The maximum atomic E-state index is 12.2. The van der Waals surface area contributed by atoms with E-state index in [-0.39, 0.29) is 5.91 Å². The van der Waals surface area contributed by atoms with Crippen molar-refractivity contribution in [3.05, 3.63) is 54.1 Å². The van der Waals surface area contributed by atoms with Gasteiger partial charge in [-0.15, -0.1) is 0 Å². The van der Waals surface area contributed by atoms with Gasteiger partial charge in [0, 0.05) is 38.8 Å². The average Bonchev–Trinajstić information content (AvgIpc) is 3.06. The molecule has 0 heterocycles. The molecule has 2 rings (SSSR count). The third-order valence-corrected chi connectivity index (χ3v) is 10.9. The monoisotopic (exact) mass is 655 g/mol. The van der Waals surface area contributed by atoms with E-state index in [2.05, 4.69) is 34.6 Å². The molecule has 1 N–H and O–H groups in total. The molecule has 0 saturated carbocycles. The van der Waals surface area contributed by atoms with E-state index >= 15 is 0 Å². The number of carbonyl (C=O) groups is 1. The van der Waals surface area contributed by atoms with Crippen molar-refractivity contribution in [1.82, 2.24) is 5.32 Å². The van der Waals surface area contributed by atoms with Crippen LogP contribution in [-0.4, -0.2) is 47.7 Å². The lowest BCUT2D eigenvalue weighted by molar-refractivity contribution is -0.121. The molecule has 0 aliphatic rings. The maximum absolute atomic E-state index is 12.2. The van der Waals surface area contributed by atoms with E-state index in [0.29, 0.717) is 32.8 Å². The lowest BCUT2D eigenvalue weighted by atomic mass is 10.1. The minimum Gasteiger partial charge on any atom is -0.494 e. The van der Waals surface area contributed by atoms with Crippen LogP contribution in [0, 0.1) is 0 Å². The van der Waals surface area contributed by atoms with Crippen LogP contribution in [0.2, 0.25) is 6.04 Å². The number of azo groups is 1. The lowest BCUT2D eigenvalue weighted by Crippen LogP contribution is -2.46. The number of hydrogen-bond acceptors (Lipinski definition) is 7. The van der Waals surface area contributed by atoms with Crippen molar-refractivity contribution in [3.63, 3.8) is 0 Å². The fraction of sp³-hybridized carbons (Fsp3) is 0.649. The summed E-state index contributed by atoms with van der Waals surface area (Å²) in [5, 5.41) is 11.8. The van der Waals surface area contributed by atoms with Crippen molar-refractivity contribution in [2.45, 2.75) is 124 Å². The number of carbonyl (C=O) groups excluding carboxylic acids is 1. The van der Waals surface area contributed by atoms with Gasteiger partial charge < -0.3 is 23.3 Å². The van der Waals surface area contributed by atoms with Crippen LogP contribution in [0.4, 0.5) is 11.4 Å². The summed E-state index contributed by atoms with van der Waals surface area (Å²) in [6.07, 6.45) is 15.4. The van der Waals surface area contributed by atoms with Gasteiger partial charge in [-0.05, 0) is 94.8 Å². The normalized spacial score (nSPS) is 11.7. The fourth-order valence-electron chi connectivity index (χ4n) is 5.29. The molecular formula is C37H61N3O5Si. The Balaban J connectivity index is 1.45. The van der Waals surface area contributed by atoms with Crippen LogP contribution in [0.25, 0.3) is 0 Å². The lowest BCUT2D eigenvalue weighted by Gasteiger charge is -2.28. The number of benzene rings is 2. The third-order valence-electron chi connectivity index (χ3n) is 7.76. The second kappa shape index (κ2) is 25.5. The Hall–Kier alpha value is -2.59. The summed E-state index contributed by atoms with van der Waals surface area (Å²) < 4.78 is 23.5. The Morgan fingerprint density at radius 2 is 1.20 bits per heavy atom. The number of rotatable bonds is 28. The Labute approximate surface area is 280 Å². The van der Waals surface area contributed by atoms with Gasteiger partial charge in [-0.25, -0.2) is 0 Å². The van der Waals surface area contributed by atoms with Crippen molar-refractivity contribution in [2.24, 2.45) is 10.2 Å². The summed E-state index contributed by atoms with van der Waals surface area (Å²) in [7, 11) is -2.62. The number of ether oxygens (including phenoxy) is 1. The van der Waals surface area contributed by atoms with Gasteiger partial charge in [0.2, 0.25) is 5.91 Å². The van der Waals surface area contributed by atoms with E-state index in [0.717, 1.165) is 61.9 Å². The molecular weight excluding hydrogens is 595 g/mol. The minimum atomic E-state index is -2.62. The summed E-state index contributed by atoms with van der Waals surface area (Å²) in [5.74, 6) is 1.00. The fourth-order valence-corrected chi connectivity index (χ4v) is 7.91. The van der Waals surface area contributed by atoms with E-state index in [1.807, 2.05) is 57.2 Å². The van der Waals surface area contributed by atoms with Gasteiger partial charge in [0.25, 0.3) is 0 Å². The highest BCUT2D eigenvalue weighted by molar-refractivity contribution is 6.60. The molecule has 0 aromatic heterocycles. The molecule has 0 bridgehead atoms. The number of nitrogens with zero attached hydrogens (tertiary/aromatic N) is 2. The smallest absolute Gasteiger partial charge is 0.494 e. The van der Waals surface area contributed by atoms with Gasteiger partial charge in [-0.2, -0.15) is 10.2 Å². The third kappa shape index (κ3) is 17.9. The highest BCUT2D eigenvalue weighted by Crippen LogP contribution is 2.23. The van der Waals surface area contributed by atoms with E-state index in [1.165, 1.54) is 56.9 Å². The molecule has 2 aromatic carbocycles. The second-order valence-corrected chi connectivity index (χ2v) is 14.4. The number of unbranched alkanes of at least 4 members (excludes halogenated alkanes) is 9. The molecule has 46 heavy (non-hydrogen) atoms. The predicted molar refractivity (Wildman–Crippen MR) is 190 cm³/mol. The zero-order chi connectivity index (χ0) is 33.1. The first-order chi connectivity index (χ1) is 22.5. The van der Waals surface area contributed by atoms with Crippen LogP contribution >= 0.6 is 0 Å². The molecule has 0 atom stereocenters. The van der Waals surface area contributed by atoms with Crippen molar-refractivity contribution >= 4 is 26.1 Å². The van der Waals surface area contributed by atoms with E-state index < -0.39 is 8.80 Å². The van der Waals surface area contributed by atoms with Crippen molar-refractivity contribution in [1.29, 1.82) is 0 Å². The van der Waals surface area contributed by atoms with Crippen molar-refractivity contribution in [2.75, 3.05) is 33.0 Å². The first-order valence-electron chi connectivity index (χ1n) is 18.0. The average molecular weight is 656 g/mol. The Morgan fingerprint density at radius 1 is 0.652 bits per heavy atom. The zero-order valence-electron chi connectivity index (χ0n) is 29.2. The summed E-state index contributed by atoms with van der Waals surface area (Å²) in [5.41, 5.74) is 3.05. The molecule has 258 valence electrons. The number of amides is 1. The Morgan fingerprint density at radius 3 is 1.76 bits per heavy atom. The van der Waals surface area contributed by atoms with Crippen molar-refractivity contribution < 1.29 is 22.8 Å². The maximum Gasteiger partial charge on any atom is 0.500 e. The summed E-state index contributed by atoms with van der Waals surface area (Å²) in [4.78, 5) is 12.2. The van der Waals surface area contributed by atoms with Gasteiger partial charge in [-0.1, -0.05) is 70.4 Å². The van der Waals surface area contributed by atoms with Gasteiger partial charge in [-0.3, -0.25) is 4.79 Å². The van der Waals surface area contributed by atoms with Crippen LogP contribution < -0.4 is 10.1 Å².